The topological polar surface area (TPSA) is 51.4 Å². The lowest BCUT2D eigenvalue weighted by Crippen LogP contribution is -2.01. The van der Waals surface area contributed by atoms with Gasteiger partial charge < -0.3 is 4.40 Å². The molecule has 0 atom stereocenters. The van der Waals surface area contributed by atoms with E-state index in [2.05, 4.69) is 32.0 Å². The molecular formula is C23H22N2O2S. The number of aromatic nitrogens is 2. The Morgan fingerprint density at radius 2 is 1.71 bits per heavy atom. The largest absolute Gasteiger partial charge is 0.306 e. The van der Waals surface area contributed by atoms with E-state index in [0.29, 0.717) is 11.3 Å². The Balaban J connectivity index is 1.87. The monoisotopic (exact) mass is 390 g/mol. The molecule has 2 heterocycles. The van der Waals surface area contributed by atoms with Gasteiger partial charge in [0, 0.05) is 24.2 Å². The van der Waals surface area contributed by atoms with Crippen molar-refractivity contribution in [1.82, 2.24) is 9.38 Å². The van der Waals surface area contributed by atoms with Crippen molar-refractivity contribution in [3.05, 3.63) is 89.2 Å². The van der Waals surface area contributed by atoms with Gasteiger partial charge in [0.05, 0.1) is 10.6 Å². The third kappa shape index (κ3) is 3.71. The van der Waals surface area contributed by atoms with Crippen molar-refractivity contribution in [2.45, 2.75) is 25.2 Å². The van der Waals surface area contributed by atoms with Crippen LogP contribution in [-0.2, 0) is 16.3 Å². The number of hydrogen-bond donors (Lipinski definition) is 0. The fraction of sp³-hybridized carbons (Fsp3) is 0.174. The van der Waals surface area contributed by atoms with E-state index in [1.54, 1.807) is 12.1 Å². The Morgan fingerprint density at radius 1 is 0.964 bits per heavy atom. The normalized spacial score (nSPS) is 11.8. The number of sulfone groups is 1. The van der Waals surface area contributed by atoms with Gasteiger partial charge in [0.25, 0.3) is 0 Å². The molecule has 0 bridgehead atoms. The number of benzene rings is 2. The number of pyridine rings is 1. The molecular weight excluding hydrogens is 368 g/mol. The number of hydrogen-bond acceptors (Lipinski definition) is 3. The third-order valence-corrected chi connectivity index (χ3v) is 5.93. The summed E-state index contributed by atoms with van der Waals surface area (Å²) in [6, 6.07) is 17.6. The highest BCUT2D eigenvalue weighted by atomic mass is 32.2. The van der Waals surface area contributed by atoms with Crippen LogP contribution < -0.4 is 0 Å². The third-order valence-electron chi connectivity index (χ3n) is 4.82. The first-order chi connectivity index (χ1) is 13.3. The molecule has 4 nitrogen and oxygen atoms in total. The van der Waals surface area contributed by atoms with Crippen LogP contribution in [0.4, 0.5) is 0 Å². The van der Waals surface area contributed by atoms with Gasteiger partial charge in [0.15, 0.2) is 9.84 Å². The van der Waals surface area contributed by atoms with E-state index in [1.807, 2.05) is 41.1 Å². The molecule has 2 aromatic carbocycles. The number of nitrogens with zero attached hydrogens (tertiary/aromatic N) is 2. The molecule has 0 fully saturated rings. The highest BCUT2D eigenvalue weighted by molar-refractivity contribution is 7.90. The molecule has 142 valence electrons. The van der Waals surface area contributed by atoms with Crippen LogP contribution in [0.5, 0.6) is 0 Å². The van der Waals surface area contributed by atoms with Crippen LogP contribution in [0.1, 0.15) is 22.3 Å². The highest BCUT2D eigenvalue weighted by Gasteiger charge is 2.15. The van der Waals surface area contributed by atoms with Crippen molar-refractivity contribution < 1.29 is 8.42 Å². The van der Waals surface area contributed by atoms with E-state index in [4.69, 9.17) is 4.98 Å². The summed E-state index contributed by atoms with van der Waals surface area (Å²) in [6.07, 6.45) is 5.83. The van der Waals surface area contributed by atoms with Crippen molar-refractivity contribution >= 4 is 15.5 Å². The molecule has 5 heteroatoms. The summed E-state index contributed by atoms with van der Waals surface area (Å²) in [6.45, 7) is 4.15. The summed E-state index contributed by atoms with van der Waals surface area (Å²) in [5.74, 6) is 0. The van der Waals surface area contributed by atoms with E-state index in [9.17, 15) is 8.42 Å². The Labute approximate surface area is 165 Å². The van der Waals surface area contributed by atoms with Crippen LogP contribution in [0, 0.1) is 13.8 Å². The van der Waals surface area contributed by atoms with Gasteiger partial charge in [-0.1, -0.05) is 41.5 Å². The van der Waals surface area contributed by atoms with Crippen LogP contribution >= 0.6 is 0 Å². The fourth-order valence-corrected chi connectivity index (χ4v) is 4.32. The molecule has 0 aliphatic rings. The molecule has 0 unspecified atom stereocenters. The first-order valence-electron chi connectivity index (χ1n) is 9.14. The lowest BCUT2D eigenvalue weighted by Gasteiger charge is -2.11. The van der Waals surface area contributed by atoms with Crippen molar-refractivity contribution in [2.75, 3.05) is 6.26 Å². The Hall–Kier alpha value is -2.92. The fourth-order valence-electron chi connectivity index (χ4n) is 3.65. The first kappa shape index (κ1) is 18.4. The minimum Gasteiger partial charge on any atom is -0.306 e. The van der Waals surface area contributed by atoms with E-state index in [-0.39, 0.29) is 0 Å². The zero-order chi connectivity index (χ0) is 19.9. The van der Waals surface area contributed by atoms with Crippen molar-refractivity contribution in [1.29, 1.82) is 0 Å². The first-order valence-corrected chi connectivity index (χ1v) is 11.0. The molecule has 0 N–H and O–H groups in total. The second-order valence-corrected chi connectivity index (χ2v) is 9.37. The van der Waals surface area contributed by atoms with E-state index >= 15 is 0 Å². The summed E-state index contributed by atoms with van der Waals surface area (Å²) in [7, 11) is -3.28. The average Bonchev–Trinajstić information content (AvgIpc) is 3.04. The molecule has 4 rings (SSSR count). The van der Waals surface area contributed by atoms with Crippen LogP contribution in [0.3, 0.4) is 0 Å². The maximum Gasteiger partial charge on any atom is 0.175 e. The smallest absolute Gasteiger partial charge is 0.175 e. The molecule has 0 saturated carbocycles. The van der Waals surface area contributed by atoms with Crippen molar-refractivity contribution in [3.63, 3.8) is 0 Å². The summed E-state index contributed by atoms with van der Waals surface area (Å²) < 4.78 is 26.2. The quantitative estimate of drug-likeness (QED) is 0.511. The van der Waals surface area contributed by atoms with Crippen LogP contribution in [0.2, 0.25) is 0 Å². The van der Waals surface area contributed by atoms with Gasteiger partial charge in [-0.15, -0.1) is 0 Å². The van der Waals surface area contributed by atoms with Gasteiger partial charge in [-0.25, -0.2) is 13.4 Å². The molecule has 0 aliphatic carbocycles. The minimum atomic E-state index is -3.28. The minimum absolute atomic E-state index is 0.333. The Morgan fingerprint density at radius 3 is 2.39 bits per heavy atom. The van der Waals surface area contributed by atoms with Crippen LogP contribution in [0.15, 0.2) is 71.9 Å². The van der Waals surface area contributed by atoms with E-state index in [1.165, 1.54) is 17.4 Å². The number of imidazole rings is 1. The van der Waals surface area contributed by atoms with Gasteiger partial charge in [0.2, 0.25) is 0 Å². The second kappa shape index (κ2) is 6.91. The molecule has 28 heavy (non-hydrogen) atoms. The zero-order valence-corrected chi connectivity index (χ0v) is 17.0. The molecule has 0 amide bonds. The molecule has 2 aromatic heterocycles. The van der Waals surface area contributed by atoms with Gasteiger partial charge in [-0.2, -0.15) is 0 Å². The second-order valence-electron chi connectivity index (χ2n) is 7.36. The van der Waals surface area contributed by atoms with Crippen LogP contribution in [0.25, 0.3) is 16.9 Å². The standard InChI is InChI=1S/C23H22N2O2S/c1-16-10-17(2)12-18(11-16)13-19-14-20(28(3,26)27)7-8-21(19)22-15-25-9-5-4-6-23(25)24-22/h4-12,14-15H,13H2,1-3H3. The zero-order valence-electron chi connectivity index (χ0n) is 16.2. The predicted octanol–water partition coefficient (Wildman–Crippen LogP) is 4.61. The average molecular weight is 391 g/mol. The van der Waals surface area contributed by atoms with Gasteiger partial charge >= 0.3 is 0 Å². The van der Waals surface area contributed by atoms with E-state index < -0.39 is 9.84 Å². The SMILES string of the molecule is Cc1cc(C)cc(Cc2cc(S(C)(=O)=O)ccc2-c2cn3ccccc3n2)c1. The summed E-state index contributed by atoms with van der Waals surface area (Å²) in [5.41, 5.74) is 7.17. The molecule has 0 aliphatic heterocycles. The molecule has 0 radical (unpaired) electrons. The molecule has 4 aromatic rings. The van der Waals surface area contributed by atoms with Gasteiger partial charge in [-0.3, -0.25) is 0 Å². The van der Waals surface area contributed by atoms with Gasteiger partial charge in [0.1, 0.15) is 5.65 Å². The maximum absolute atomic E-state index is 12.1. The summed E-state index contributed by atoms with van der Waals surface area (Å²) >= 11 is 0. The van der Waals surface area contributed by atoms with Crippen molar-refractivity contribution in [3.8, 4) is 11.3 Å². The molecule has 0 spiro atoms. The lowest BCUT2D eigenvalue weighted by atomic mass is 9.96. The van der Waals surface area contributed by atoms with E-state index in [0.717, 1.165) is 28.0 Å². The Bertz CT molecular complexity index is 1230. The summed E-state index contributed by atoms with van der Waals surface area (Å²) in [4.78, 5) is 5.06. The summed E-state index contributed by atoms with van der Waals surface area (Å²) in [5, 5.41) is 0. The number of fused-ring (bicyclic) bond motifs is 1. The molecule has 0 saturated heterocycles. The lowest BCUT2D eigenvalue weighted by molar-refractivity contribution is 0.602. The van der Waals surface area contributed by atoms with Crippen LogP contribution in [-0.4, -0.2) is 24.1 Å². The van der Waals surface area contributed by atoms with Crippen molar-refractivity contribution in [2.24, 2.45) is 0 Å². The number of aryl methyl sites for hydroxylation is 2. The van der Waals surface area contributed by atoms with Gasteiger partial charge in [-0.05, 0) is 55.7 Å². The maximum atomic E-state index is 12.1. The Kier molecular flexibility index (Phi) is 4.55. The highest BCUT2D eigenvalue weighted by Crippen LogP contribution is 2.28. The predicted molar refractivity (Wildman–Crippen MR) is 112 cm³/mol. The number of rotatable bonds is 4.